The van der Waals surface area contributed by atoms with E-state index in [4.69, 9.17) is 4.74 Å². The van der Waals surface area contributed by atoms with E-state index < -0.39 is 11.7 Å². The van der Waals surface area contributed by atoms with Crippen LogP contribution < -0.4 is 5.32 Å². The number of rotatable bonds is 4. The Kier molecular flexibility index (Phi) is 4.65. The molecule has 0 atom stereocenters. The Morgan fingerprint density at radius 3 is 2.64 bits per heavy atom. The molecule has 0 saturated heterocycles. The van der Waals surface area contributed by atoms with Crippen LogP contribution in [0.1, 0.15) is 20.8 Å². The Morgan fingerprint density at radius 1 is 1.36 bits per heavy atom. The van der Waals surface area contributed by atoms with E-state index in [1.165, 1.54) is 0 Å². The van der Waals surface area contributed by atoms with Crippen molar-refractivity contribution < 1.29 is 9.53 Å². The topological polar surface area (TPSA) is 56.2 Å². The molecular formula is C17H21N3O2. The molecule has 116 valence electrons. The number of amides is 1. The molecule has 0 fully saturated rings. The van der Waals surface area contributed by atoms with Gasteiger partial charge in [0.25, 0.3) is 0 Å². The van der Waals surface area contributed by atoms with E-state index in [0.29, 0.717) is 18.1 Å². The van der Waals surface area contributed by atoms with Crippen molar-refractivity contribution in [3.05, 3.63) is 49.3 Å². The van der Waals surface area contributed by atoms with E-state index in [2.05, 4.69) is 16.9 Å². The van der Waals surface area contributed by atoms with Gasteiger partial charge in [0, 0.05) is 12.1 Å². The Labute approximate surface area is 130 Å². The molecule has 0 saturated carbocycles. The smallest absolute Gasteiger partial charge is 0.413 e. The fraction of sp³-hybridized carbons (Fsp3) is 0.294. The highest BCUT2D eigenvalue weighted by Gasteiger charge is 2.20. The van der Waals surface area contributed by atoms with Gasteiger partial charge in [-0.2, -0.15) is 0 Å². The summed E-state index contributed by atoms with van der Waals surface area (Å²) < 4.78 is 7.14. The minimum atomic E-state index is -0.555. The van der Waals surface area contributed by atoms with Crippen LogP contribution in [-0.4, -0.2) is 21.2 Å². The number of carbonyl (C=O) groups is 1. The number of anilines is 1. The quantitative estimate of drug-likeness (QED) is 0.865. The highest BCUT2D eigenvalue weighted by Crippen LogP contribution is 2.27. The molecule has 1 aromatic carbocycles. The Hall–Kier alpha value is -2.56. The van der Waals surface area contributed by atoms with Gasteiger partial charge in [0.05, 0.1) is 6.33 Å². The second-order valence-electron chi connectivity index (χ2n) is 5.88. The third kappa shape index (κ3) is 3.97. The number of nitrogens with zero attached hydrogens (tertiary/aromatic N) is 2. The van der Waals surface area contributed by atoms with Crippen LogP contribution in [0.2, 0.25) is 0 Å². The second-order valence-corrected chi connectivity index (χ2v) is 5.88. The lowest BCUT2D eigenvalue weighted by atomic mass is 10.1. The number of hydrogen-bond acceptors (Lipinski definition) is 3. The van der Waals surface area contributed by atoms with Crippen molar-refractivity contribution in [1.29, 1.82) is 0 Å². The lowest BCUT2D eigenvalue weighted by Crippen LogP contribution is -2.28. The van der Waals surface area contributed by atoms with Gasteiger partial charge in [0.1, 0.15) is 17.1 Å². The number of ether oxygens (including phenoxy) is 1. The van der Waals surface area contributed by atoms with Gasteiger partial charge in [0.15, 0.2) is 0 Å². The predicted molar refractivity (Wildman–Crippen MR) is 87.7 cm³/mol. The first-order valence-corrected chi connectivity index (χ1v) is 7.12. The van der Waals surface area contributed by atoms with Gasteiger partial charge in [-0.25, -0.2) is 9.78 Å². The van der Waals surface area contributed by atoms with E-state index in [0.717, 1.165) is 5.56 Å². The Morgan fingerprint density at radius 2 is 2.05 bits per heavy atom. The highest BCUT2D eigenvalue weighted by molar-refractivity contribution is 5.89. The molecule has 0 aliphatic carbocycles. The summed E-state index contributed by atoms with van der Waals surface area (Å²) in [5.74, 6) is 0.598. The van der Waals surface area contributed by atoms with Gasteiger partial charge < -0.3 is 9.30 Å². The van der Waals surface area contributed by atoms with E-state index in [9.17, 15) is 4.79 Å². The van der Waals surface area contributed by atoms with Crippen molar-refractivity contribution in [3.8, 4) is 11.3 Å². The zero-order chi connectivity index (χ0) is 16.2. The maximum absolute atomic E-state index is 12.1. The van der Waals surface area contributed by atoms with Crippen molar-refractivity contribution in [3.63, 3.8) is 0 Å². The molecule has 1 heterocycles. The molecule has 5 nitrogen and oxygen atoms in total. The fourth-order valence-corrected chi connectivity index (χ4v) is 2.00. The van der Waals surface area contributed by atoms with E-state index in [-0.39, 0.29) is 0 Å². The van der Waals surface area contributed by atoms with Crippen molar-refractivity contribution in [2.24, 2.45) is 0 Å². The largest absolute Gasteiger partial charge is 0.444 e. The van der Waals surface area contributed by atoms with Gasteiger partial charge in [-0.3, -0.25) is 5.32 Å². The minimum absolute atomic E-state index is 0.504. The van der Waals surface area contributed by atoms with Gasteiger partial charge in [-0.1, -0.05) is 36.4 Å². The lowest BCUT2D eigenvalue weighted by Gasteiger charge is -2.20. The molecule has 1 N–H and O–H groups in total. The van der Waals surface area contributed by atoms with Gasteiger partial charge in [-0.15, -0.1) is 6.58 Å². The molecule has 1 aromatic heterocycles. The molecule has 0 radical (unpaired) electrons. The normalized spacial score (nSPS) is 11.0. The molecule has 1 amide bonds. The van der Waals surface area contributed by atoms with E-state index >= 15 is 0 Å². The lowest BCUT2D eigenvalue weighted by molar-refractivity contribution is 0.0635. The Balaban J connectivity index is 2.33. The highest BCUT2D eigenvalue weighted by atomic mass is 16.6. The van der Waals surface area contributed by atoms with Gasteiger partial charge in [0.2, 0.25) is 0 Å². The number of carbonyl (C=O) groups excluding carboxylic acids is 1. The van der Waals surface area contributed by atoms with Crippen LogP contribution in [-0.2, 0) is 11.3 Å². The number of benzene rings is 1. The molecule has 0 aliphatic heterocycles. The van der Waals surface area contributed by atoms with Crippen molar-refractivity contribution >= 4 is 11.9 Å². The molecule has 22 heavy (non-hydrogen) atoms. The van der Waals surface area contributed by atoms with E-state index in [1.54, 1.807) is 12.4 Å². The maximum atomic E-state index is 12.1. The molecule has 0 aliphatic rings. The van der Waals surface area contributed by atoms with Crippen molar-refractivity contribution in [2.45, 2.75) is 32.9 Å². The van der Waals surface area contributed by atoms with Crippen LogP contribution >= 0.6 is 0 Å². The van der Waals surface area contributed by atoms with Crippen LogP contribution in [0.4, 0.5) is 10.6 Å². The Bertz CT molecular complexity index is 654. The molecule has 0 unspecified atom stereocenters. The first-order valence-electron chi connectivity index (χ1n) is 7.12. The first kappa shape index (κ1) is 15.8. The number of aromatic nitrogens is 2. The summed E-state index contributed by atoms with van der Waals surface area (Å²) >= 11 is 0. The van der Waals surface area contributed by atoms with Crippen LogP contribution in [0.3, 0.4) is 0 Å². The second kappa shape index (κ2) is 6.47. The molecule has 2 rings (SSSR count). The van der Waals surface area contributed by atoms with Gasteiger partial charge in [-0.05, 0) is 20.8 Å². The average Bonchev–Trinajstić information content (AvgIpc) is 2.81. The monoisotopic (exact) mass is 299 g/mol. The van der Waals surface area contributed by atoms with Gasteiger partial charge >= 0.3 is 6.09 Å². The van der Waals surface area contributed by atoms with Crippen LogP contribution in [0.25, 0.3) is 11.3 Å². The SMILES string of the molecule is C=CCn1cnc(-c2ccccc2)c1NC(=O)OC(C)(C)C. The van der Waals surface area contributed by atoms with Crippen LogP contribution in [0.5, 0.6) is 0 Å². The predicted octanol–water partition coefficient (Wildman–Crippen LogP) is 4.08. The summed E-state index contributed by atoms with van der Waals surface area (Å²) in [6.45, 7) is 9.75. The summed E-state index contributed by atoms with van der Waals surface area (Å²) in [5.41, 5.74) is 1.07. The number of imidazole rings is 1. The molecular weight excluding hydrogens is 278 g/mol. The third-order valence-electron chi connectivity index (χ3n) is 2.83. The molecule has 5 heteroatoms. The summed E-state index contributed by atoms with van der Waals surface area (Å²) in [4.78, 5) is 16.5. The fourth-order valence-electron chi connectivity index (χ4n) is 2.00. The first-order chi connectivity index (χ1) is 10.4. The van der Waals surface area contributed by atoms with Crippen molar-refractivity contribution in [1.82, 2.24) is 9.55 Å². The molecule has 2 aromatic rings. The summed E-state index contributed by atoms with van der Waals surface area (Å²) in [5, 5.41) is 2.79. The number of hydrogen-bond donors (Lipinski definition) is 1. The zero-order valence-corrected chi connectivity index (χ0v) is 13.2. The maximum Gasteiger partial charge on any atom is 0.413 e. The molecule has 0 bridgehead atoms. The number of nitrogens with one attached hydrogen (secondary N) is 1. The average molecular weight is 299 g/mol. The number of allylic oxidation sites excluding steroid dienone is 1. The van der Waals surface area contributed by atoms with Crippen molar-refractivity contribution in [2.75, 3.05) is 5.32 Å². The van der Waals surface area contributed by atoms with Crippen LogP contribution in [0, 0.1) is 0 Å². The van der Waals surface area contributed by atoms with E-state index in [1.807, 2.05) is 55.7 Å². The summed E-state index contributed by atoms with van der Waals surface area (Å²) in [7, 11) is 0. The minimum Gasteiger partial charge on any atom is -0.444 e. The standard InChI is InChI=1S/C17H21N3O2/c1-5-11-20-12-18-14(13-9-7-6-8-10-13)15(20)19-16(21)22-17(2,3)4/h5-10,12H,1,11H2,2-4H3,(H,19,21). The molecule has 0 spiro atoms. The van der Waals surface area contributed by atoms with Crippen LogP contribution in [0.15, 0.2) is 49.3 Å². The summed E-state index contributed by atoms with van der Waals surface area (Å²) in [6, 6.07) is 9.69. The summed E-state index contributed by atoms with van der Waals surface area (Å²) in [6.07, 6.45) is 2.92. The third-order valence-corrected chi connectivity index (χ3v) is 2.83. The zero-order valence-electron chi connectivity index (χ0n) is 13.2.